The first-order valence-corrected chi connectivity index (χ1v) is 6.72. The molecule has 1 aromatic carbocycles. The van der Waals surface area contributed by atoms with Gasteiger partial charge in [-0.2, -0.15) is 15.2 Å². The molecule has 0 radical (unpaired) electrons. The van der Waals surface area contributed by atoms with Gasteiger partial charge in [-0.25, -0.2) is 4.39 Å². The van der Waals surface area contributed by atoms with Crippen molar-refractivity contribution in [3.63, 3.8) is 0 Å². The summed E-state index contributed by atoms with van der Waals surface area (Å²) in [5.41, 5.74) is 0.916. The van der Waals surface area contributed by atoms with E-state index in [1.165, 1.54) is 17.1 Å². The number of pyridine rings is 1. The summed E-state index contributed by atoms with van der Waals surface area (Å²) >= 11 is 0. The van der Waals surface area contributed by atoms with Gasteiger partial charge in [0.2, 0.25) is 5.78 Å². The topological polar surface area (TPSA) is 84.5 Å². The van der Waals surface area contributed by atoms with Crippen molar-refractivity contribution in [1.29, 1.82) is 5.26 Å². The van der Waals surface area contributed by atoms with Crippen molar-refractivity contribution < 1.29 is 9.18 Å². The summed E-state index contributed by atoms with van der Waals surface area (Å²) in [4.78, 5) is 17.5. The Morgan fingerprint density at radius 1 is 1.17 bits per heavy atom. The molecule has 0 aliphatic heterocycles. The standard InChI is InChI=1S/C16H10FN5O/c17-11-6-7-14(19-9-11)13(8-18)16(23)15-10-20-22(21-15)12-4-2-1-3-5-12/h1-7,9-10,13H. The second-order valence-electron chi connectivity index (χ2n) is 4.68. The molecule has 3 rings (SSSR count). The molecule has 0 saturated heterocycles. The van der Waals surface area contributed by atoms with Gasteiger partial charge in [0.25, 0.3) is 0 Å². The number of hydrogen-bond acceptors (Lipinski definition) is 5. The van der Waals surface area contributed by atoms with Crippen molar-refractivity contribution in [1.82, 2.24) is 20.0 Å². The van der Waals surface area contributed by atoms with Crippen LogP contribution in [0.15, 0.2) is 54.9 Å². The molecule has 2 heterocycles. The predicted molar refractivity (Wildman–Crippen MR) is 78.2 cm³/mol. The van der Waals surface area contributed by atoms with E-state index in [9.17, 15) is 14.4 Å². The molecule has 6 nitrogen and oxygen atoms in total. The zero-order valence-corrected chi connectivity index (χ0v) is 11.8. The van der Waals surface area contributed by atoms with Crippen molar-refractivity contribution >= 4 is 5.78 Å². The number of carbonyl (C=O) groups excluding carboxylic acids is 1. The first-order chi connectivity index (χ1) is 11.2. The molecule has 2 aromatic heterocycles. The first-order valence-electron chi connectivity index (χ1n) is 6.72. The summed E-state index contributed by atoms with van der Waals surface area (Å²) in [5, 5.41) is 17.4. The Hall–Kier alpha value is -3.40. The summed E-state index contributed by atoms with van der Waals surface area (Å²) < 4.78 is 12.9. The van der Waals surface area contributed by atoms with Gasteiger partial charge in [-0.3, -0.25) is 9.78 Å². The van der Waals surface area contributed by atoms with Crippen LogP contribution in [0, 0.1) is 17.1 Å². The molecule has 1 atom stereocenters. The number of nitrogens with zero attached hydrogens (tertiary/aromatic N) is 5. The SMILES string of the molecule is N#CC(C(=O)c1cnn(-c2ccccc2)n1)c1ccc(F)cn1. The van der Waals surface area contributed by atoms with Gasteiger partial charge in [0.05, 0.1) is 29.8 Å². The van der Waals surface area contributed by atoms with Crippen LogP contribution in [0.3, 0.4) is 0 Å². The molecule has 0 fully saturated rings. The van der Waals surface area contributed by atoms with Crippen molar-refractivity contribution in [2.45, 2.75) is 5.92 Å². The van der Waals surface area contributed by atoms with E-state index in [4.69, 9.17) is 0 Å². The third kappa shape index (κ3) is 2.96. The number of benzene rings is 1. The Morgan fingerprint density at radius 3 is 2.61 bits per heavy atom. The molecule has 0 aliphatic rings. The van der Waals surface area contributed by atoms with Crippen LogP contribution >= 0.6 is 0 Å². The van der Waals surface area contributed by atoms with Crippen molar-refractivity contribution in [3.8, 4) is 11.8 Å². The number of ketones is 1. The van der Waals surface area contributed by atoms with Crippen LogP contribution in [-0.4, -0.2) is 25.8 Å². The van der Waals surface area contributed by atoms with Gasteiger partial charge in [0.15, 0.2) is 11.6 Å². The highest BCUT2D eigenvalue weighted by Crippen LogP contribution is 2.18. The molecule has 0 bridgehead atoms. The average Bonchev–Trinajstić information content (AvgIpc) is 3.08. The minimum absolute atomic E-state index is 0.0477. The summed E-state index contributed by atoms with van der Waals surface area (Å²) in [6, 6.07) is 13.4. The van der Waals surface area contributed by atoms with Crippen LogP contribution in [0.2, 0.25) is 0 Å². The maximum absolute atomic E-state index is 12.9. The van der Waals surface area contributed by atoms with Gasteiger partial charge in [0.1, 0.15) is 5.82 Å². The van der Waals surface area contributed by atoms with Gasteiger partial charge < -0.3 is 0 Å². The van der Waals surface area contributed by atoms with E-state index in [0.29, 0.717) is 5.69 Å². The zero-order valence-electron chi connectivity index (χ0n) is 11.8. The van der Waals surface area contributed by atoms with Crippen LogP contribution in [0.4, 0.5) is 4.39 Å². The Balaban J connectivity index is 1.89. The number of hydrogen-bond donors (Lipinski definition) is 0. The smallest absolute Gasteiger partial charge is 0.207 e. The fourth-order valence-corrected chi connectivity index (χ4v) is 2.03. The van der Waals surface area contributed by atoms with Crippen LogP contribution in [0.5, 0.6) is 0 Å². The Kier molecular flexibility index (Phi) is 3.89. The summed E-state index contributed by atoms with van der Waals surface area (Å²) in [7, 11) is 0. The number of carbonyl (C=O) groups is 1. The highest BCUT2D eigenvalue weighted by atomic mass is 19.1. The van der Waals surface area contributed by atoms with E-state index in [1.54, 1.807) is 12.1 Å². The quantitative estimate of drug-likeness (QED) is 0.690. The van der Waals surface area contributed by atoms with Crippen LogP contribution < -0.4 is 0 Å². The number of Topliss-reactive ketones (excluding diaryl/α,β-unsaturated/α-hetero) is 1. The third-order valence-electron chi connectivity index (χ3n) is 3.17. The molecule has 1 unspecified atom stereocenters. The third-order valence-corrected chi connectivity index (χ3v) is 3.17. The molecule has 0 aliphatic carbocycles. The number of para-hydroxylation sites is 1. The highest BCUT2D eigenvalue weighted by Gasteiger charge is 2.25. The minimum Gasteiger partial charge on any atom is -0.290 e. The van der Waals surface area contributed by atoms with Gasteiger partial charge in [0, 0.05) is 0 Å². The molecule has 0 amide bonds. The Labute approximate surface area is 130 Å². The van der Waals surface area contributed by atoms with E-state index in [1.807, 2.05) is 24.3 Å². The molecule has 23 heavy (non-hydrogen) atoms. The minimum atomic E-state index is -1.16. The first kappa shape index (κ1) is 14.5. The molecular formula is C16H10FN5O. The van der Waals surface area contributed by atoms with Crippen molar-refractivity contribution in [2.24, 2.45) is 0 Å². The maximum Gasteiger partial charge on any atom is 0.207 e. The summed E-state index contributed by atoms with van der Waals surface area (Å²) in [6.07, 6.45) is 2.26. The zero-order chi connectivity index (χ0) is 16.2. The number of rotatable bonds is 4. The lowest BCUT2D eigenvalue weighted by molar-refractivity contribution is 0.0972. The van der Waals surface area contributed by atoms with Crippen molar-refractivity contribution in [2.75, 3.05) is 0 Å². The van der Waals surface area contributed by atoms with Crippen molar-refractivity contribution in [3.05, 3.63) is 72.1 Å². The second-order valence-corrected chi connectivity index (χ2v) is 4.68. The van der Waals surface area contributed by atoms with Gasteiger partial charge in [-0.05, 0) is 24.3 Å². The van der Waals surface area contributed by atoms with Gasteiger partial charge in [-0.1, -0.05) is 18.2 Å². The highest BCUT2D eigenvalue weighted by molar-refractivity contribution is 6.00. The number of aromatic nitrogens is 4. The van der Waals surface area contributed by atoms with E-state index in [-0.39, 0.29) is 11.4 Å². The lowest BCUT2D eigenvalue weighted by Gasteiger charge is -2.05. The predicted octanol–water partition coefficient (Wildman–Crippen LogP) is 2.29. The van der Waals surface area contributed by atoms with Crippen LogP contribution in [-0.2, 0) is 0 Å². The van der Waals surface area contributed by atoms with Crippen LogP contribution in [0.25, 0.3) is 5.69 Å². The van der Waals surface area contributed by atoms with Gasteiger partial charge >= 0.3 is 0 Å². The largest absolute Gasteiger partial charge is 0.290 e. The van der Waals surface area contributed by atoms with Crippen LogP contribution in [0.1, 0.15) is 22.1 Å². The molecule has 0 spiro atoms. The normalized spacial score (nSPS) is 11.7. The molecular weight excluding hydrogens is 297 g/mol. The lowest BCUT2D eigenvalue weighted by Crippen LogP contribution is -2.14. The molecule has 0 saturated carbocycles. The Morgan fingerprint density at radius 2 is 1.96 bits per heavy atom. The Bertz CT molecular complexity index is 867. The van der Waals surface area contributed by atoms with E-state index >= 15 is 0 Å². The van der Waals surface area contributed by atoms with E-state index in [0.717, 1.165) is 12.3 Å². The summed E-state index contributed by atoms with van der Waals surface area (Å²) in [6.45, 7) is 0. The number of nitriles is 1. The number of halogens is 1. The summed E-state index contributed by atoms with van der Waals surface area (Å²) in [5.74, 6) is -2.22. The maximum atomic E-state index is 12.9. The van der Waals surface area contributed by atoms with E-state index < -0.39 is 17.5 Å². The second kappa shape index (κ2) is 6.15. The molecule has 112 valence electrons. The molecule has 3 aromatic rings. The van der Waals surface area contributed by atoms with Gasteiger partial charge in [-0.15, -0.1) is 5.10 Å². The fraction of sp³-hybridized carbons (Fsp3) is 0.0625. The fourth-order valence-electron chi connectivity index (χ4n) is 2.03. The average molecular weight is 307 g/mol. The monoisotopic (exact) mass is 307 g/mol. The molecule has 0 N–H and O–H groups in total. The molecule has 7 heteroatoms. The lowest BCUT2D eigenvalue weighted by atomic mass is 9.99. The van der Waals surface area contributed by atoms with E-state index in [2.05, 4.69) is 15.2 Å².